The SMILES string of the molecule is CCCCCCCCCCCCCCCC(=O)OCC(COP(=O)(O)OCC(CO)OC(=O)CCCCCCCCCCC)OC(=O)CCCCCCCCCCCCCCC. The highest BCUT2D eigenvalue weighted by Gasteiger charge is 2.28. The van der Waals surface area contributed by atoms with Gasteiger partial charge in [0.1, 0.15) is 12.7 Å². The number of rotatable bonds is 49. The molecule has 0 amide bonds. The number of carbonyl (C=O) groups excluding carboxylic acids is 3. The minimum Gasteiger partial charge on any atom is -0.462 e. The number of carbonyl (C=O) groups is 3. The Morgan fingerprint density at radius 2 is 0.645 bits per heavy atom. The summed E-state index contributed by atoms with van der Waals surface area (Å²) in [5.74, 6) is -1.44. The third-order valence-corrected chi connectivity index (χ3v) is 12.5. The maximum Gasteiger partial charge on any atom is 0.472 e. The van der Waals surface area contributed by atoms with E-state index >= 15 is 0 Å². The van der Waals surface area contributed by atoms with Crippen molar-refractivity contribution >= 4 is 25.7 Å². The Morgan fingerprint density at radius 1 is 0.387 bits per heavy atom. The van der Waals surface area contributed by atoms with E-state index in [2.05, 4.69) is 20.8 Å². The minimum atomic E-state index is -4.72. The van der Waals surface area contributed by atoms with E-state index in [0.29, 0.717) is 19.3 Å². The topological polar surface area (TPSA) is 155 Å². The largest absolute Gasteiger partial charge is 0.472 e. The van der Waals surface area contributed by atoms with Crippen LogP contribution >= 0.6 is 7.82 Å². The molecule has 0 saturated carbocycles. The zero-order valence-electron chi connectivity index (χ0n) is 40.4. The van der Waals surface area contributed by atoms with E-state index in [-0.39, 0.29) is 25.9 Å². The Bertz CT molecular complexity index is 1060. The Kier molecular flexibility index (Phi) is 44.9. The Morgan fingerprint density at radius 3 is 0.952 bits per heavy atom. The Labute approximate surface area is 380 Å². The molecule has 368 valence electrons. The maximum atomic E-state index is 12.8. The molecule has 0 aliphatic carbocycles. The fourth-order valence-corrected chi connectivity index (χ4v) is 8.32. The zero-order valence-corrected chi connectivity index (χ0v) is 41.3. The van der Waals surface area contributed by atoms with Gasteiger partial charge in [-0.05, 0) is 19.3 Å². The minimum absolute atomic E-state index is 0.178. The van der Waals surface area contributed by atoms with Crippen molar-refractivity contribution in [3.8, 4) is 0 Å². The molecule has 0 spiro atoms. The van der Waals surface area contributed by atoms with Gasteiger partial charge in [0, 0.05) is 19.3 Å². The van der Waals surface area contributed by atoms with Crippen molar-refractivity contribution in [2.24, 2.45) is 0 Å². The second-order valence-corrected chi connectivity index (χ2v) is 19.2. The van der Waals surface area contributed by atoms with E-state index in [1.165, 1.54) is 148 Å². The summed E-state index contributed by atoms with van der Waals surface area (Å²) < 4.78 is 39.3. The molecule has 11 nitrogen and oxygen atoms in total. The maximum absolute atomic E-state index is 12.8. The van der Waals surface area contributed by atoms with Crippen LogP contribution in [0.4, 0.5) is 0 Å². The lowest BCUT2D eigenvalue weighted by Crippen LogP contribution is -2.30. The van der Waals surface area contributed by atoms with Crippen LogP contribution in [-0.4, -0.2) is 66.5 Å². The molecule has 0 heterocycles. The molecule has 12 heteroatoms. The van der Waals surface area contributed by atoms with Gasteiger partial charge in [-0.1, -0.05) is 226 Å². The monoisotopic (exact) mass is 905 g/mol. The van der Waals surface area contributed by atoms with Gasteiger partial charge in [0.15, 0.2) is 6.10 Å². The van der Waals surface area contributed by atoms with Gasteiger partial charge in [-0.2, -0.15) is 0 Å². The van der Waals surface area contributed by atoms with Crippen LogP contribution in [0.2, 0.25) is 0 Å². The molecule has 0 fully saturated rings. The summed E-state index contributed by atoms with van der Waals surface area (Å²) in [5.41, 5.74) is 0. The molecule has 0 bridgehead atoms. The highest BCUT2D eigenvalue weighted by Crippen LogP contribution is 2.43. The van der Waals surface area contributed by atoms with Crippen LogP contribution in [0.5, 0.6) is 0 Å². The van der Waals surface area contributed by atoms with E-state index in [0.717, 1.165) is 57.8 Å². The number of hydrogen-bond acceptors (Lipinski definition) is 10. The lowest BCUT2D eigenvalue weighted by atomic mass is 10.0. The van der Waals surface area contributed by atoms with Gasteiger partial charge in [0.05, 0.1) is 19.8 Å². The van der Waals surface area contributed by atoms with Crippen LogP contribution in [0.15, 0.2) is 0 Å². The van der Waals surface area contributed by atoms with Crippen LogP contribution in [0, 0.1) is 0 Å². The van der Waals surface area contributed by atoms with Gasteiger partial charge < -0.3 is 24.2 Å². The average molecular weight is 905 g/mol. The molecule has 3 unspecified atom stereocenters. The number of unbranched alkanes of at least 4 members (excludes halogenated alkanes) is 32. The second kappa shape index (κ2) is 46.0. The molecule has 62 heavy (non-hydrogen) atoms. The molecular weight excluding hydrogens is 808 g/mol. The summed E-state index contributed by atoms with van der Waals surface area (Å²) >= 11 is 0. The first kappa shape index (κ1) is 60.5. The van der Waals surface area contributed by atoms with E-state index in [9.17, 15) is 28.9 Å². The van der Waals surface area contributed by atoms with Crippen LogP contribution in [0.25, 0.3) is 0 Å². The summed E-state index contributed by atoms with van der Waals surface area (Å²) in [5, 5.41) is 9.73. The first-order valence-electron chi connectivity index (χ1n) is 25.9. The van der Waals surface area contributed by atoms with Gasteiger partial charge in [-0.25, -0.2) is 4.57 Å². The first-order chi connectivity index (χ1) is 30.2. The molecule has 2 N–H and O–H groups in total. The highest BCUT2D eigenvalue weighted by molar-refractivity contribution is 7.47. The van der Waals surface area contributed by atoms with Crippen LogP contribution in [0.3, 0.4) is 0 Å². The molecule has 0 radical (unpaired) electrons. The molecule has 0 aromatic carbocycles. The second-order valence-electron chi connectivity index (χ2n) is 17.7. The number of phosphoric ester groups is 1. The third-order valence-electron chi connectivity index (χ3n) is 11.5. The van der Waals surface area contributed by atoms with E-state index < -0.39 is 57.8 Å². The summed E-state index contributed by atoms with van der Waals surface area (Å²) in [6, 6.07) is 0. The normalized spacial score (nSPS) is 13.4. The number of esters is 3. The number of phosphoric acid groups is 1. The molecule has 0 aromatic rings. The molecule has 3 atom stereocenters. The predicted molar refractivity (Wildman–Crippen MR) is 252 cm³/mol. The van der Waals surface area contributed by atoms with Crippen molar-refractivity contribution in [3.63, 3.8) is 0 Å². The van der Waals surface area contributed by atoms with Gasteiger partial charge in [-0.3, -0.25) is 23.4 Å². The summed E-state index contributed by atoms with van der Waals surface area (Å²) in [6.07, 6.45) is 39.3. The van der Waals surface area contributed by atoms with Crippen LogP contribution in [0.1, 0.15) is 265 Å². The molecular formula is C50H97O11P. The highest BCUT2D eigenvalue weighted by atomic mass is 31.2. The lowest BCUT2D eigenvalue weighted by molar-refractivity contribution is -0.161. The third kappa shape index (κ3) is 43.7. The summed E-state index contributed by atoms with van der Waals surface area (Å²) in [7, 11) is -4.72. The molecule has 0 aliphatic rings. The van der Waals surface area contributed by atoms with E-state index in [4.69, 9.17) is 23.3 Å². The van der Waals surface area contributed by atoms with Crippen LogP contribution in [-0.2, 0) is 42.2 Å². The van der Waals surface area contributed by atoms with Gasteiger partial charge in [0.25, 0.3) is 0 Å². The fraction of sp³-hybridized carbons (Fsp3) is 0.940. The molecule has 0 aliphatic heterocycles. The van der Waals surface area contributed by atoms with Crippen molar-refractivity contribution in [2.45, 2.75) is 277 Å². The number of hydrogen-bond donors (Lipinski definition) is 2. The van der Waals surface area contributed by atoms with Crippen molar-refractivity contribution in [1.82, 2.24) is 0 Å². The standard InChI is InChI=1S/C50H97O11P/c1-4-7-10-13-16-19-21-23-25-28-30-33-36-39-48(52)57-43-47(61-50(54)41-38-35-32-29-26-24-22-20-17-14-11-8-5-2)45-59-62(55,56)58-44-46(42-51)60-49(53)40-37-34-31-27-18-15-12-9-6-3/h46-47,51H,4-45H2,1-3H3,(H,55,56). The first-order valence-corrected chi connectivity index (χ1v) is 27.4. The Balaban J connectivity index is 4.70. The van der Waals surface area contributed by atoms with Crippen LogP contribution < -0.4 is 0 Å². The average Bonchev–Trinajstić information content (AvgIpc) is 3.25. The van der Waals surface area contributed by atoms with Crippen molar-refractivity contribution in [2.75, 3.05) is 26.4 Å². The molecule has 0 aromatic heterocycles. The quantitative estimate of drug-likeness (QED) is 0.0259. The molecule has 0 rings (SSSR count). The summed E-state index contributed by atoms with van der Waals surface area (Å²) in [6.45, 7) is 4.65. The fourth-order valence-electron chi connectivity index (χ4n) is 7.53. The number of ether oxygens (including phenoxy) is 3. The lowest BCUT2D eigenvalue weighted by Gasteiger charge is -2.21. The van der Waals surface area contributed by atoms with Crippen molar-refractivity contribution in [1.29, 1.82) is 0 Å². The smallest absolute Gasteiger partial charge is 0.462 e. The van der Waals surface area contributed by atoms with Crippen molar-refractivity contribution < 1.29 is 52.2 Å². The van der Waals surface area contributed by atoms with Gasteiger partial charge in [0.2, 0.25) is 0 Å². The van der Waals surface area contributed by atoms with E-state index in [1.807, 2.05) is 0 Å². The van der Waals surface area contributed by atoms with Crippen molar-refractivity contribution in [3.05, 3.63) is 0 Å². The molecule has 0 saturated heterocycles. The zero-order chi connectivity index (χ0) is 45.6. The van der Waals surface area contributed by atoms with E-state index in [1.54, 1.807) is 0 Å². The summed E-state index contributed by atoms with van der Waals surface area (Å²) in [4.78, 5) is 48.2. The van der Waals surface area contributed by atoms with Gasteiger partial charge >= 0.3 is 25.7 Å². The Hall–Kier alpha value is -1.52. The number of aliphatic hydroxyl groups is 1. The predicted octanol–water partition coefficient (Wildman–Crippen LogP) is 14.4. The van der Waals surface area contributed by atoms with Gasteiger partial charge in [-0.15, -0.1) is 0 Å². The number of aliphatic hydroxyl groups excluding tert-OH is 1.